The number of hydrogen-bond acceptors (Lipinski definition) is 25. The lowest BCUT2D eigenvalue weighted by Crippen LogP contribution is -2.42. The molecule has 36 nitrogen and oxygen atoms in total. The van der Waals surface area contributed by atoms with Crippen LogP contribution in [0, 0.1) is 20.8 Å². The van der Waals surface area contributed by atoms with E-state index in [-0.39, 0.29) is 67.4 Å². The summed E-state index contributed by atoms with van der Waals surface area (Å²) in [5.74, 6) is 1.44. The number of nitrogens with one attached hydrogen (secondary N) is 10. The van der Waals surface area contributed by atoms with Gasteiger partial charge in [0.2, 0.25) is 70.5 Å². The molecule has 144 heavy (non-hydrogen) atoms. The highest BCUT2D eigenvalue weighted by Gasteiger charge is 2.39. The van der Waals surface area contributed by atoms with Crippen molar-refractivity contribution < 1.29 is 109 Å². The van der Waals surface area contributed by atoms with Crippen LogP contribution in [-0.2, 0) is 55.7 Å². The molecule has 0 aromatic heterocycles. The number of amides is 7. The van der Waals surface area contributed by atoms with Crippen LogP contribution in [0.2, 0.25) is 5.02 Å². The second kappa shape index (κ2) is 45.8. The Morgan fingerprint density at radius 2 is 0.694 bits per heavy atom. The number of piperidine rings is 1. The number of nitrogens with zero attached hydrogens (tertiary/aromatic N) is 2. The lowest BCUT2D eigenvalue weighted by atomic mass is 9.84. The predicted octanol–water partition coefficient (Wildman–Crippen LogP) is 17.7. The van der Waals surface area contributed by atoms with Crippen molar-refractivity contribution in [1.29, 1.82) is 0 Å². The van der Waals surface area contributed by atoms with Crippen LogP contribution in [0.15, 0.2) is 224 Å². The lowest BCUT2D eigenvalue weighted by Gasteiger charge is -2.39. The highest BCUT2D eigenvalue weighted by atomic mass is 35.5. The summed E-state index contributed by atoms with van der Waals surface area (Å²) < 4.78 is 164. The first-order valence-corrected chi connectivity index (χ1v) is 53.7. The van der Waals surface area contributed by atoms with E-state index in [2.05, 4.69) is 55.1 Å². The topological polar surface area (TPSA) is 493 Å². The summed E-state index contributed by atoms with van der Waals surface area (Å²) >= 11 is 5.98. The molecule has 1 saturated heterocycles. The van der Waals surface area contributed by atoms with E-state index in [1.807, 2.05) is 50.2 Å². The maximum absolute atomic E-state index is 12.9. The third-order valence-corrected chi connectivity index (χ3v) is 32.3. The Morgan fingerprint density at radius 3 is 1.15 bits per heavy atom. The number of hydrogen-bond donors (Lipinski definition) is 11. The first-order chi connectivity index (χ1) is 67.9. The Hall–Kier alpha value is -14.5. The molecular formula is C102H113ClN12O24S5. The van der Waals surface area contributed by atoms with Gasteiger partial charge in [0.05, 0.1) is 43.0 Å². The molecule has 0 unspecified atom stereocenters. The van der Waals surface area contributed by atoms with Crippen LogP contribution >= 0.6 is 11.6 Å². The van der Waals surface area contributed by atoms with Gasteiger partial charge in [-0.05, 0) is 334 Å². The number of halogens is 1. The summed E-state index contributed by atoms with van der Waals surface area (Å²) in [7, 11) is -17.2. The summed E-state index contributed by atoms with van der Waals surface area (Å²) in [6.45, 7) is 26.8. The van der Waals surface area contributed by atoms with E-state index in [0.29, 0.717) is 161 Å². The Balaban J connectivity index is 0.000000162. The Morgan fingerprint density at radius 1 is 0.340 bits per heavy atom. The average molecular weight is 2090 g/mol. The molecule has 0 bridgehead atoms. The van der Waals surface area contributed by atoms with Crippen molar-refractivity contribution in [2.24, 2.45) is 0 Å². The second-order valence-corrected chi connectivity index (χ2v) is 47.2. The van der Waals surface area contributed by atoms with Crippen molar-refractivity contribution in [2.75, 3.05) is 88.6 Å². The van der Waals surface area contributed by atoms with Gasteiger partial charge in [-0.2, -0.15) is 0 Å². The molecule has 0 spiro atoms. The number of sulfonamides is 5. The molecule has 11 aromatic carbocycles. The van der Waals surface area contributed by atoms with Gasteiger partial charge >= 0.3 is 0 Å². The number of aryl methyl sites for hydroxylation is 2. The third kappa shape index (κ3) is 27.5. The Kier molecular flexibility index (Phi) is 34.5. The van der Waals surface area contributed by atoms with Crippen molar-refractivity contribution in [2.45, 2.75) is 155 Å². The highest BCUT2D eigenvalue weighted by Crippen LogP contribution is 2.42. The Bertz CT molecular complexity index is 7240. The molecule has 0 radical (unpaired) electrons. The number of anilines is 11. The Labute approximate surface area is 842 Å². The minimum absolute atomic E-state index is 0.167. The molecule has 42 heteroatoms. The highest BCUT2D eigenvalue weighted by molar-refractivity contribution is 7.94. The number of carbonyl (C=O) groups excluding carboxylic acids is 7. The molecule has 0 saturated carbocycles. The van der Waals surface area contributed by atoms with Crippen LogP contribution < -0.4 is 83.5 Å². The number of carbonyl (C=O) groups is 7. The summed E-state index contributed by atoms with van der Waals surface area (Å²) in [5, 5.41) is 23.0. The van der Waals surface area contributed by atoms with Crippen molar-refractivity contribution in [3.05, 3.63) is 291 Å². The number of aliphatic hydroxyl groups is 1. The molecule has 0 aliphatic carbocycles. The predicted molar refractivity (Wildman–Crippen MR) is 558 cm³/mol. The molecule has 16 rings (SSSR count). The van der Waals surface area contributed by atoms with Crippen molar-refractivity contribution in [3.63, 3.8) is 0 Å². The molecule has 5 heterocycles. The van der Waals surface area contributed by atoms with Gasteiger partial charge in [0.1, 0.15) is 0 Å². The van der Waals surface area contributed by atoms with Crippen molar-refractivity contribution in [3.8, 4) is 34.5 Å². The molecule has 5 aliphatic heterocycles. The van der Waals surface area contributed by atoms with Crippen LogP contribution in [0.1, 0.15) is 191 Å². The van der Waals surface area contributed by atoms with Gasteiger partial charge < -0.3 is 65.0 Å². The molecule has 11 aromatic rings. The molecule has 11 N–H and O–H groups in total. The van der Waals surface area contributed by atoms with Gasteiger partial charge in [0.15, 0.2) is 34.5 Å². The van der Waals surface area contributed by atoms with E-state index < -0.39 is 87.9 Å². The SMILES string of the molecule is CC(C)N1C(=O)c2ccc(NC(=O)c3ccc(NS(=O)(=O)C(C)C)cc3)cc2C1=O.CC(C)S(=O)(=O)Nc1ccc(C(=O)Nc2ccc3c(c2)OCO3)cc1.Cc1c(NC(=O)c2ccc(NS(=O)(=O)C(C)C)cc2)ccc2c1OCO2.Cc1cc(NC(=O)c2ccc(NS(=O)(=O)C(C)C)cc2)cc2c1OCO2.Cc1cc(NS(=O)(=O)C(C)C)ccc1C(=O)Nc1ccc(N2CCC(O)(c3ccc(Cl)cc3)CC2)cc1. The van der Waals surface area contributed by atoms with Crippen molar-refractivity contribution in [1.82, 2.24) is 4.90 Å². The summed E-state index contributed by atoms with van der Waals surface area (Å²) in [6.07, 6.45) is 1.21. The van der Waals surface area contributed by atoms with E-state index in [1.165, 1.54) is 41.3 Å². The third-order valence-electron chi connectivity index (χ3n) is 23.2. The fourth-order valence-electron chi connectivity index (χ4n) is 14.4. The first kappa shape index (κ1) is 108. The molecule has 7 amide bonds. The minimum atomic E-state index is -3.47. The number of fused-ring (bicyclic) bond motifs is 4. The zero-order chi connectivity index (χ0) is 105. The monoisotopic (exact) mass is 2080 g/mol. The van der Waals surface area contributed by atoms with E-state index in [9.17, 15) is 80.8 Å². The standard InChI is InChI=1S/C28H32ClN3O4S.C21H23N3O5S.2C18H20N2O5S.C17H18N2O5S/c1-19(2)37(35,36)31-24-10-13-26(20(3)18-24)27(33)30-23-8-11-25(12-9-23)32-16-14-28(34,15-17-32)21-4-6-22(29)7-5-21;1-12(2)24-20(26)17-10-9-16(11-18(17)21(24)27)22-19(25)14-5-7-15(8-6-14)23-30(28,29)13(3)4;1-11(2)26(22,23)20-14-6-4-13(5-7-14)18(21)19-15-8-12(3)17-16(9-15)24-10-25-17;1-11(2)26(22,23)20-14-6-4-13(5-7-14)18(21)19-15-8-9-16-17(12(15)3)25-10-24-16;1-11(2)25(21,22)19-13-5-3-12(4-6-13)17(20)18-14-7-8-15-16(9-14)24-10-23-15/h4-13,18-19,31,34H,14-17H2,1-3H3,(H,30,33);5-13,23H,1-4H3,(H,22,25);2*4-9,11,20H,10H2,1-3H3,(H,19,21);3-9,11,19H,10H2,1-2H3,(H,18,20). The van der Waals surface area contributed by atoms with Gasteiger partial charge in [0, 0.05) is 132 Å². The maximum atomic E-state index is 12.9. The number of benzene rings is 11. The van der Waals surface area contributed by atoms with E-state index >= 15 is 0 Å². The van der Waals surface area contributed by atoms with Gasteiger partial charge in [0.25, 0.3) is 41.4 Å². The van der Waals surface area contributed by atoms with Gasteiger partial charge in [-0.3, -0.25) is 62.1 Å². The summed E-state index contributed by atoms with van der Waals surface area (Å²) in [4.78, 5) is 90.8. The fraction of sp³-hybridized carbons (Fsp3) is 0.284. The van der Waals surface area contributed by atoms with Gasteiger partial charge in [-0.25, -0.2) is 42.1 Å². The fourth-order valence-corrected chi connectivity index (χ4v) is 18.0. The minimum Gasteiger partial charge on any atom is -0.454 e. The van der Waals surface area contributed by atoms with Gasteiger partial charge in [-0.15, -0.1) is 0 Å². The number of imide groups is 1. The smallest absolute Gasteiger partial charge is 0.261 e. The zero-order valence-corrected chi connectivity index (χ0v) is 86.3. The van der Waals surface area contributed by atoms with Crippen LogP contribution in [0.5, 0.6) is 34.5 Å². The van der Waals surface area contributed by atoms with Crippen LogP contribution in [0.3, 0.4) is 0 Å². The molecule has 1 fully saturated rings. The number of ether oxygens (including phenoxy) is 6. The van der Waals surface area contributed by atoms with Crippen LogP contribution in [-0.4, -0.2) is 159 Å². The van der Waals surface area contributed by atoms with Crippen LogP contribution in [0.4, 0.5) is 62.6 Å². The summed E-state index contributed by atoms with van der Waals surface area (Å²) in [6, 6.07) is 61.0. The first-order valence-electron chi connectivity index (χ1n) is 45.6. The largest absolute Gasteiger partial charge is 0.454 e. The van der Waals surface area contributed by atoms with E-state index in [1.54, 1.807) is 242 Å². The maximum Gasteiger partial charge on any atom is 0.261 e. The second-order valence-electron chi connectivity index (χ2n) is 35.6. The average Bonchev–Trinajstić information content (AvgIpc) is 1.63. The number of rotatable bonds is 28. The van der Waals surface area contributed by atoms with Crippen molar-refractivity contribution >= 4 is 166 Å². The molecule has 5 aliphatic rings. The lowest BCUT2D eigenvalue weighted by molar-refractivity contribution is 0.0117. The van der Waals surface area contributed by atoms with Gasteiger partial charge in [-0.1, -0.05) is 23.7 Å². The van der Waals surface area contributed by atoms with E-state index in [0.717, 1.165) is 22.4 Å². The summed E-state index contributed by atoms with van der Waals surface area (Å²) in [5.41, 5.74) is 10.8. The van der Waals surface area contributed by atoms with Crippen LogP contribution in [0.25, 0.3) is 0 Å². The quantitative estimate of drug-likeness (QED) is 0.0203. The van der Waals surface area contributed by atoms with E-state index in [4.69, 9.17) is 40.0 Å². The molecule has 0 atom stereocenters. The normalized spacial score (nSPS) is 13.7. The molecular weight excluding hydrogens is 1970 g/mol. The zero-order valence-electron chi connectivity index (χ0n) is 81.4. The molecule has 762 valence electrons.